The number of ether oxygens (including phenoxy) is 1. The van der Waals surface area contributed by atoms with E-state index in [1.54, 1.807) is 29.1 Å². The molecule has 2 aromatic carbocycles. The maximum absolute atomic E-state index is 13.0. The van der Waals surface area contributed by atoms with Gasteiger partial charge in [-0.25, -0.2) is 14.5 Å². The number of imide groups is 1. The molecule has 4 rings (SSSR count). The monoisotopic (exact) mass is 456 g/mol. The van der Waals surface area contributed by atoms with Crippen molar-refractivity contribution in [3.8, 4) is 11.3 Å². The van der Waals surface area contributed by atoms with Gasteiger partial charge in [0.15, 0.2) is 12.3 Å². The smallest absolute Gasteiger partial charge is 0.339 e. The lowest BCUT2D eigenvalue weighted by atomic mass is 10.1. The Morgan fingerprint density at radius 3 is 2.32 bits per heavy atom. The molecule has 0 radical (unpaired) electrons. The molecule has 8 nitrogen and oxygen atoms in total. The average Bonchev–Trinajstić information content (AvgIpc) is 3.27. The van der Waals surface area contributed by atoms with Crippen molar-refractivity contribution < 1.29 is 19.1 Å². The van der Waals surface area contributed by atoms with Gasteiger partial charge in [0.2, 0.25) is 5.91 Å². The first-order valence-electron chi connectivity index (χ1n) is 10.9. The molecule has 0 atom stereocenters. The molecule has 0 aliphatic carbocycles. The molecule has 0 aliphatic heterocycles. The van der Waals surface area contributed by atoms with Crippen molar-refractivity contribution in [2.75, 3.05) is 6.61 Å². The number of nitrogens with zero attached hydrogens (tertiary/aromatic N) is 3. The number of carbonyl (C=O) groups excluding carboxylic acids is 3. The van der Waals surface area contributed by atoms with Crippen LogP contribution in [-0.2, 0) is 20.7 Å². The molecule has 0 bridgehead atoms. The Kier molecular flexibility index (Phi) is 6.77. The van der Waals surface area contributed by atoms with Crippen LogP contribution in [0.4, 0.5) is 0 Å². The van der Waals surface area contributed by atoms with E-state index in [9.17, 15) is 14.4 Å². The lowest BCUT2D eigenvalue weighted by Crippen LogP contribution is -2.35. The van der Waals surface area contributed by atoms with Gasteiger partial charge in [0, 0.05) is 11.6 Å². The van der Waals surface area contributed by atoms with Gasteiger partial charge in [-0.3, -0.25) is 14.9 Å². The topological polar surface area (TPSA) is 103 Å². The molecular weight excluding hydrogens is 432 g/mol. The van der Waals surface area contributed by atoms with Crippen molar-refractivity contribution in [1.29, 1.82) is 0 Å². The fraction of sp³-hybridized carbons (Fsp3) is 0.192. The molecule has 0 saturated carbocycles. The van der Waals surface area contributed by atoms with E-state index in [0.29, 0.717) is 16.7 Å². The minimum absolute atomic E-state index is 0.0290. The van der Waals surface area contributed by atoms with Crippen molar-refractivity contribution in [1.82, 2.24) is 20.1 Å². The quantitative estimate of drug-likeness (QED) is 0.425. The minimum atomic E-state index is -0.696. The fourth-order valence-electron chi connectivity index (χ4n) is 3.55. The van der Waals surface area contributed by atoms with Crippen LogP contribution in [0.5, 0.6) is 0 Å². The predicted octanol–water partition coefficient (Wildman–Crippen LogP) is 3.72. The Hall–Kier alpha value is -4.33. The van der Waals surface area contributed by atoms with Gasteiger partial charge in [-0.2, -0.15) is 5.10 Å². The normalized spacial score (nSPS) is 10.9. The van der Waals surface area contributed by atoms with Crippen molar-refractivity contribution in [3.05, 3.63) is 84.1 Å². The standard InChI is InChI=1S/C26H24N4O4/c1-17(2)30-25-21(15-27-30)20(14-22(28-25)19-11-7-4-8-12-19)26(33)34-16-24(32)29-23(31)13-18-9-5-3-6-10-18/h3-12,14-15,17H,13,16H2,1-2H3,(H,29,31,32). The fourth-order valence-corrected chi connectivity index (χ4v) is 3.55. The van der Waals surface area contributed by atoms with E-state index in [2.05, 4.69) is 10.4 Å². The lowest BCUT2D eigenvalue weighted by molar-refractivity contribution is -0.132. The maximum Gasteiger partial charge on any atom is 0.339 e. The van der Waals surface area contributed by atoms with Crippen molar-refractivity contribution in [2.24, 2.45) is 0 Å². The summed E-state index contributed by atoms with van der Waals surface area (Å²) < 4.78 is 6.97. The van der Waals surface area contributed by atoms with Gasteiger partial charge in [-0.1, -0.05) is 60.7 Å². The molecule has 0 spiro atoms. The lowest BCUT2D eigenvalue weighted by Gasteiger charge is -2.11. The maximum atomic E-state index is 13.0. The number of hydrogen-bond donors (Lipinski definition) is 1. The summed E-state index contributed by atoms with van der Waals surface area (Å²) in [5.74, 6) is -1.86. The molecule has 4 aromatic rings. The first-order chi connectivity index (χ1) is 16.4. The Balaban J connectivity index is 1.51. The number of carbonyl (C=O) groups is 3. The van der Waals surface area contributed by atoms with Crippen molar-refractivity contribution >= 4 is 28.8 Å². The van der Waals surface area contributed by atoms with E-state index in [-0.39, 0.29) is 18.0 Å². The summed E-state index contributed by atoms with van der Waals surface area (Å²) in [6.07, 6.45) is 1.62. The highest BCUT2D eigenvalue weighted by molar-refractivity contribution is 6.05. The van der Waals surface area contributed by atoms with Crippen molar-refractivity contribution in [3.63, 3.8) is 0 Å². The second-order valence-electron chi connectivity index (χ2n) is 8.05. The van der Waals surface area contributed by atoms with E-state index in [0.717, 1.165) is 11.1 Å². The zero-order valence-corrected chi connectivity index (χ0v) is 18.9. The largest absolute Gasteiger partial charge is 0.452 e. The number of esters is 1. The Morgan fingerprint density at radius 2 is 1.65 bits per heavy atom. The van der Waals surface area contributed by atoms with E-state index in [4.69, 9.17) is 9.72 Å². The van der Waals surface area contributed by atoms with Crippen LogP contribution in [0.2, 0.25) is 0 Å². The number of nitrogens with one attached hydrogen (secondary N) is 1. The third kappa shape index (κ3) is 5.17. The number of benzene rings is 2. The minimum Gasteiger partial charge on any atom is -0.452 e. The van der Waals surface area contributed by atoms with Crippen LogP contribution in [0.1, 0.15) is 35.8 Å². The summed E-state index contributed by atoms with van der Waals surface area (Å²) in [4.78, 5) is 41.9. The van der Waals surface area contributed by atoms with Gasteiger partial charge < -0.3 is 4.74 Å². The molecule has 0 fully saturated rings. The number of pyridine rings is 1. The van der Waals surface area contributed by atoms with Crippen LogP contribution < -0.4 is 5.32 Å². The van der Waals surface area contributed by atoms with Crippen LogP contribution in [0, 0.1) is 0 Å². The summed E-state index contributed by atoms with van der Waals surface area (Å²) in [6, 6.07) is 20.2. The van der Waals surface area contributed by atoms with Gasteiger partial charge in [0.05, 0.1) is 29.3 Å². The van der Waals surface area contributed by atoms with Crippen molar-refractivity contribution in [2.45, 2.75) is 26.3 Å². The molecule has 8 heteroatoms. The van der Waals surface area contributed by atoms with Crippen LogP contribution >= 0.6 is 0 Å². The molecule has 172 valence electrons. The molecule has 2 aromatic heterocycles. The zero-order chi connectivity index (χ0) is 24.1. The van der Waals surface area contributed by atoms with Gasteiger partial charge in [0.25, 0.3) is 5.91 Å². The van der Waals surface area contributed by atoms with Gasteiger partial charge in [-0.05, 0) is 25.5 Å². The molecule has 0 aliphatic rings. The Bertz CT molecular complexity index is 1330. The number of rotatable bonds is 7. The van der Waals surface area contributed by atoms with E-state index >= 15 is 0 Å². The highest BCUT2D eigenvalue weighted by atomic mass is 16.5. The summed E-state index contributed by atoms with van der Waals surface area (Å²) >= 11 is 0. The Labute approximate surface area is 196 Å². The van der Waals surface area contributed by atoms with E-state index in [1.807, 2.05) is 62.4 Å². The first-order valence-corrected chi connectivity index (χ1v) is 10.9. The molecule has 1 N–H and O–H groups in total. The highest BCUT2D eigenvalue weighted by Crippen LogP contribution is 2.26. The van der Waals surface area contributed by atoms with Gasteiger partial charge in [-0.15, -0.1) is 0 Å². The summed E-state index contributed by atoms with van der Waals surface area (Å²) in [6.45, 7) is 3.36. The number of amides is 2. The summed E-state index contributed by atoms with van der Waals surface area (Å²) in [7, 11) is 0. The molecule has 2 amide bonds. The number of hydrogen-bond acceptors (Lipinski definition) is 6. The third-order valence-corrected chi connectivity index (χ3v) is 5.17. The Morgan fingerprint density at radius 1 is 0.971 bits per heavy atom. The second kappa shape index (κ2) is 10.1. The van der Waals surface area contributed by atoms with Crippen LogP contribution in [-0.4, -0.2) is 39.2 Å². The molecule has 0 saturated heterocycles. The van der Waals surface area contributed by atoms with Crippen LogP contribution in [0.25, 0.3) is 22.3 Å². The predicted molar refractivity (Wildman–Crippen MR) is 127 cm³/mol. The summed E-state index contributed by atoms with van der Waals surface area (Å²) in [5, 5.41) is 7.14. The molecule has 34 heavy (non-hydrogen) atoms. The molecule has 2 heterocycles. The van der Waals surface area contributed by atoms with E-state index in [1.165, 1.54) is 0 Å². The molecule has 0 unspecified atom stereocenters. The number of fused-ring (bicyclic) bond motifs is 1. The van der Waals surface area contributed by atoms with Gasteiger partial charge in [0.1, 0.15) is 0 Å². The van der Waals surface area contributed by atoms with E-state index < -0.39 is 24.4 Å². The second-order valence-corrected chi connectivity index (χ2v) is 8.05. The average molecular weight is 457 g/mol. The molecular formula is C26H24N4O4. The zero-order valence-electron chi connectivity index (χ0n) is 18.9. The first kappa shape index (κ1) is 22.8. The third-order valence-electron chi connectivity index (χ3n) is 5.17. The van der Waals surface area contributed by atoms with Gasteiger partial charge >= 0.3 is 5.97 Å². The van der Waals surface area contributed by atoms with Crippen LogP contribution in [0.3, 0.4) is 0 Å². The summed E-state index contributed by atoms with van der Waals surface area (Å²) in [5.41, 5.74) is 2.99. The number of aromatic nitrogens is 3. The van der Waals surface area contributed by atoms with Crippen LogP contribution in [0.15, 0.2) is 72.9 Å². The SMILES string of the molecule is CC(C)n1ncc2c(C(=O)OCC(=O)NC(=O)Cc3ccccc3)cc(-c3ccccc3)nc21. The highest BCUT2D eigenvalue weighted by Gasteiger charge is 2.20.